The summed E-state index contributed by atoms with van der Waals surface area (Å²) in [5.74, 6) is -0.377. The van der Waals surface area contributed by atoms with Gasteiger partial charge in [0.1, 0.15) is 5.75 Å². The van der Waals surface area contributed by atoms with Gasteiger partial charge in [0, 0.05) is 31.5 Å². The average molecular weight is 431 g/mol. The molecule has 0 aliphatic carbocycles. The Morgan fingerprint density at radius 2 is 1.57 bits per heavy atom. The van der Waals surface area contributed by atoms with Crippen molar-refractivity contribution in [1.82, 2.24) is 10.0 Å². The highest BCUT2D eigenvalue weighted by Crippen LogP contribution is 2.22. The third-order valence-corrected chi connectivity index (χ3v) is 5.99. The second kappa shape index (κ2) is 9.06. The van der Waals surface area contributed by atoms with Gasteiger partial charge in [-0.05, 0) is 48.5 Å². The van der Waals surface area contributed by atoms with E-state index in [1.165, 1.54) is 43.5 Å². The first-order valence-electron chi connectivity index (χ1n) is 9.19. The maximum absolute atomic E-state index is 12.2. The summed E-state index contributed by atoms with van der Waals surface area (Å²) >= 11 is 0. The Morgan fingerprint density at radius 1 is 0.967 bits per heavy atom. The number of hydrogen-bond acceptors (Lipinski definition) is 6. The van der Waals surface area contributed by atoms with E-state index in [0.717, 1.165) is 4.90 Å². The molecule has 0 radical (unpaired) electrons. The fraction of sp³-hybridized carbons (Fsp3) is 0.250. The summed E-state index contributed by atoms with van der Waals surface area (Å²) < 4.78 is 31.9. The molecule has 0 unspecified atom stereocenters. The summed E-state index contributed by atoms with van der Waals surface area (Å²) in [4.78, 5) is 36.9. The monoisotopic (exact) mass is 431 g/mol. The minimum atomic E-state index is -3.70. The number of amides is 3. The van der Waals surface area contributed by atoms with Gasteiger partial charge in [0.05, 0.1) is 17.7 Å². The smallest absolute Gasteiger partial charge is 0.251 e. The lowest BCUT2D eigenvalue weighted by molar-refractivity contribution is -0.121. The van der Waals surface area contributed by atoms with Crippen LogP contribution < -0.4 is 19.7 Å². The van der Waals surface area contributed by atoms with Crippen molar-refractivity contribution in [1.29, 1.82) is 0 Å². The van der Waals surface area contributed by atoms with E-state index in [1.807, 2.05) is 0 Å². The van der Waals surface area contributed by atoms with Crippen LogP contribution in [0, 0.1) is 0 Å². The molecule has 2 aromatic carbocycles. The predicted molar refractivity (Wildman–Crippen MR) is 109 cm³/mol. The summed E-state index contributed by atoms with van der Waals surface area (Å²) in [6, 6.07) is 12.0. The zero-order chi connectivity index (χ0) is 21.7. The number of nitrogens with zero attached hydrogens (tertiary/aromatic N) is 1. The van der Waals surface area contributed by atoms with Gasteiger partial charge in [0.15, 0.2) is 0 Å². The first-order valence-corrected chi connectivity index (χ1v) is 10.7. The number of benzene rings is 2. The average Bonchev–Trinajstić information content (AvgIpc) is 3.09. The Labute approximate surface area is 174 Å². The van der Waals surface area contributed by atoms with E-state index >= 15 is 0 Å². The third-order valence-electron chi connectivity index (χ3n) is 4.51. The van der Waals surface area contributed by atoms with E-state index in [4.69, 9.17) is 4.74 Å². The zero-order valence-electron chi connectivity index (χ0n) is 16.3. The van der Waals surface area contributed by atoms with Gasteiger partial charge >= 0.3 is 0 Å². The number of anilines is 1. The predicted octanol–water partition coefficient (Wildman–Crippen LogP) is 1.06. The van der Waals surface area contributed by atoms with Crippen molar-refractivity contribution in [2.24, 2.45) is 0 Å². The Kier molecular flexibility index (Phi) is 6.48. The van der Waals surface area contributed by atoms with Crippen LogP contribution in [0.15, 0.2) is 53.4 Å². The number of imide groups is 1. The van der Waals surface area contributed by atoms with Crippen molar-refractivity contribution in [3.63, 3.8) is 0 Å². The van der Waals surface area contributed by atoms with E-state index in [9.17, 15) is 22.8 Å². The minimum absolute atomic E-state index is 0.00890. The standard InChI is InChI=1S/C20H21N3O6S/c1-29-16-6-8-17(9-7-16)30(27,28)22-13-12-21-20(26)14-2-4-15(5-3-14)23-18(24)10-11-19(23)25/h2-9,22H,10-13H2,1H3,(H,21,26). The molecule has 1 aliphatic rings. The van der Waals surface area contributed by atoms with Gasteiger partial charge in [0.25, 0.3) is 5.91 Å². The number of carbonyl (C=O) groups excluding carboxylic acids is 3. The molecule has 3 amide bonds. The molecule has 30 heavy (non-hydrogen) atoms. The Morgan fingerprint density at radius 3 is 2.13 bits per heavy atom. The molecular formula is C20H21N3O6S. The number of carbonyl (C=O) groups is 3. The van der Waals surface area contributed by atoms with Crippen LogP contribution in [-0.4, -0.2) is 46.3 Å². The first-order chi connectivity index (χ1) is 14.3. The lowest BCUT2D eigenvalue weighted by Crippen LogP contribution is -2.34. The van der Waals surface area contributed by atoms with E-state index in [2.05, 4.69) is 10.0 Å². The van der Waals surface area contributed by atoms with Gasteiger partial charge < -0.3 is 10.1 Å². The van der Waals surface area contributed by atoms with Gasteiger partial charge in [0.2, 0.25) is 21.8 Å². The quantitative estimate of drug-likeness (QED) is 0.476. The molecule has 1 fully saturated rings. The second-order valence-corrected chi connectivity index (χ2v) is 8.27. The van der Waals surface area contributed by atoms with Gasteiger partial charge in [-0.25, -0.2) is 13.1 Å². The van der Waals surface area contributed by atoms with Crippen LogP contribution in [0.1, 0.15) is 23.2 Å². The molecular weight excluding hydrogens is 410 g/mol. The van der Waals surface area contributed by atoms with E-state index in [-0.39, 0.29) is 42.6 Å². The fourth-order valence-electron chi connectivity index (χ4n) is 2.93. The van der Waals surface area contributed by atoms with Crippen LogP contribution in [0.25, 0.3) is 0 Å². The number of hydrogen-bond donors (Lipinski definition) is 2. The molecule has 1 saturated heterocycles. The Balaban J connectivity index is 1.50. The summed E-state index contributed by atoms with van der Waals surface area (Å²) in [5, 5.41) is 2.61. The van der Waals surface area contributed by atoms with Crippen molar-refractivity contribution >= 4 is 33.4 Å². The van der Waals surface area contributed by atoms with Gasteiger partial charge in [-0.15, -0.1) is 0 Å². The molecule has 3 rings (SSSR count). The van der Waals surface area contributed by atoms with E-state index in [1.54, 1.807) is 12.1 Å². The van der Waals surface area contributed by atoms with Crippen LogP contribution in [0.4, 0.5) is 5.69 Å². The van der Waals surface area contributed by atoms with Gasteiger partial charge in [-0.3, -0.25) is 19.3 Å². The number of rotatable bonds is 8. The van der Waals surface area contributed by atoms with Crippen molar-refractivity contribution in [2.75, 3.05) is 25.1 Å². The van der Waals surface area contributed by atoms with Crippen LogP contribution >= 0.6 is 0 Å². The molecule has 0 aromatic heterocycles. The minimum Gasteiger partial charge on any atom is -0.497 e. The van der Waals surface area contributed by atoms with Crippen molar-refractivity contribution in [3.8, 4) is 5.75 Å². The molecule has 2 N–H and O–H groups in total. The maximum atomic E-state index is 12.2. The van der Waals surface area contributed by atoms with Crippen LogP contribution in [0.5, 0.6) is 5.75 Å². The third kappa shape index (κ3) is 4.84. The summed E-state index contributed by atoms with van der Waals surface area (Å²) in [7, 11) is -2.21. The molecule has 1 heterocycles. The molecule has 0 atom stereocenters. The van der Waals surface area contributed by atoms with E-state index in [0.29, 0.717) is 17.0 Å². The number of ether oxygens (including phenoxy) is 1. The topological polar surface area (TPSA) is 122 Å². The summed E-state index contributed by atoms with van der Waals surface area (Å²) in [6.45, 7) is 0.0913. The molecule has 0 spiro atoms. The lowest BCUT2D eigenvalue weighted by Gasteiger charge is -2.14. The number of nitrogens with one attached hydrogen (secondary N) is 2. The molecule has 1 aliphatic heterocycles. The molecule has 0 saturated carbocycles. The Hall–Kier alpha value is -3.24. The second-order valence-electron chi connectivity index (χ2n) is 6.50. The molecule has 9 nitrogen and oxygen atoms in total. The van der Waals surface area contributed by atoms with Crippen molar-refractivity contribution < 1.29 is 27.5 Å². The molecule has 2 aromatic rings. The SMILES string of the molecule is COc1ccc(S(=O)(=O)NCCNC(=O)c2ccc(N3C(=O)CCC3=O)cc2)cc1. The van der Waals surface area contributed by atoms with Crippen LogP contribution in [0.3, 0.4) is 0 Å². The van der Waals surface area contributed by atoms with Crippen molar-refractivity contribution in [2.45, 2.75) is 17.7 Å². The fourth-order valence-corrected chi connectivity index (χ4v) is 3.96. The summed E-state index contributed by atoms with van der Waals surface area (Å²) in [6.07, 6.45) is 0.376. The molecule has 10 heteroatoms. The summed E-state index contributed by atoms with van der Waals surface area (Å²) in [5.41, 5.74) is 0.752. The zero-order valence-corrected chi connectivity index (χ0v) is 17.1. The van der Waals surface area contributed by atoms with Crippen molar-refractivity contribution in [3.05, 3.63) is 54.1 Å². The number of methoxy groups -OCH3 is 1. The highest BCUT2D eigenvalue weighted by atomic mass is 32.2. The van der Waals surface area contributed by atoms with Gasteiger partial charge in [-0.1, -0.05) is 0 Å². The highest BCUT2D eigenvalue weighted by Gasteiger charge is 2.30. The van der Waals surface area contributed by atoms with E-state index < -0.39 is 15.9 Å². The van der Waals surface area contributed by atoms with Crippen LogP contribution in [-0.2, 0) is 19.6 Å². The van der Waals surface area contributed by atoms with Gasteiger partial charge in [-0.2, -0.15) is 0 Å². The highest BCUT2D eigenvalue weighted by molar-refractivity contribution is 7.89. The molecule has 0 bridgehead atoms. The lowest BCUT2D eigenvalue weighted by atomic mass is 10.2. The molecule has 158 valence electrons. The normalized spacial score (nSPS) is 14.1. The first kappa shape index (κ1) is 21.5. The number of sulfonamides is 1. The Bertz CT molecular complexity index is 1030. The maximum Gasteiger partial charge on any atom is 0.251 e. The largest absolute Gasteiger partial charge is 0.497 e. The van der Waals surface area contributed by atoms with Crippen LogP contribution in [0.2, 0.25) is 0 Å².